The van der Waals surface area contributed by atoms with Gasteiger partial charge in [0.05, 0.1) is 15.5 Å². The predicted molar refractivity (Wildman–Crippen MR) is 82.6 cm³/mol. The fraction of sp³-hybridized carbons (Fsp3) is 0.400. The van der Waals surface area contributed by atoms with Gasteiger partial charge in [-0.05, 0) is 43.9 Å². The topological polar surface area (TPSA) is 74.7 Å². The van der Waals surface area contributed by atoms with Crippen LogP contribution >= 0.6 is 11.6 Å². The molecule has 1 saturated carbocycles. The van der Waals surface area contributed by atoms with E-state index in [-0.39, 0.29) is 21.0 Å². The Kier molecular flexibility index (Phi) is 3.79. The summed E-state index contributed by atoms with van der Waals surface area (Å²) in [6.07, 6.45) is 7.36. The van der Waals surface area contributed by atoms with Crippen LogP contribution in [0.15, 0.2) is 35.2 Å². The number of halogens is 1. The molecule has 1 aromatic rings. The van der Waals surface area contributed by atoms with E-state index < -0.39 is 16.0 Å². The SMILES string of the molecule is O=C(O)c1ccc(S(=O)(=O)N2CC=CCC23CCC3)cc1Cl. The van der Waals surface area contributed by atoms with Gasteiger partial charge in [0, 0.05) is 12.1 Å². The molecule has 1 spiro atoms. The number of aromatic carboxylic acids is 1. The molecule has 0 saturated heterocycles. The Hall–Kier alpha value is -1.37. The van der Waals surface area contributed by atoms with Crippen LogP contribution in [-0.2, 0) is 10.0 Å². The summed E-state index contributed by atoms with van der Waals surface area (Å²) >= 11 is 5.91. The lowest BCUT2D eigenvalue weighted by Gasteiger charge is -2.50. The van der Waals surface area contributed by atoms with Crippen LogP contribution in [0.3, 0.4) is 0 Å². The number of hydrogen-bond donors (Lipinski definition) is 1. The average molecular weight is 342 g/mol. The summed E-state index contributed by atoms with van der Waals surface area (Å²) < 4.78 is 27.4. The first kappa shape index (κ1) is 15.5. The van der Waals surface area contributed by atoms with Gasteiger partial charge in [-0.15, -0.1) is 0 Å². The Morgan fingerprint density at radius 3 is 2.55 bits per heavy atom. The lowest BCUT2D eigenvalue weighted by molar-refractivity contribution is 0.0696. The summed E-state index contributed by atoms with van der Waals surface area (Å²) in [4.78, 5) is 11.0. The quantitative estimate of drug-likeness (QED) is 0.858. The molecule has 22 heavy (non-hydrogen) atoms. The van der Waals surface area contributed by atoms with Crippen LogP contribution in [0, 0.1) is 0 Å². The lowest BCUT2D eigenvalue weighted by atomic mass is 9.73. The minimum Gasteiger partial charge on any atom is -0.478 e. The fourth-order valence-electron chi connectivity index (χ4n) is 3.12. The molecule has 1 aromatic carbocycles. The van der Waals surface area contributed by atoms with Crippen molar-refractivity contribution in [2.75, 3.05) is 6.54 Å². The molecule has 1 aliphatic heterocycles. The number of hydrogen-bond acceptors (Lipinski definition) is 3. The van der Waals surface area contributed by atoms with Crippen molar-refractivity contribution in [2.45, 2.75) is 36.1 Å². The second-order valence-electron chi connectivity index (χ2n) is 5.74. The third-order valence-electron chi connectivity index (χ3n) is 4.51. The minimum absolute atomic E-state index is 0.0454. The van der Waals surface area contributed by atoms with E-state index in [1.807, 2.05) is 12.2 Å². The Balaban J connectivity index is 2.01. The molecule has 3 rings (SSSR count). The molecule has 0 bridgehead atoms. The number of carbonyl (C=O) groups is 1. The van der Waals surface area contributed by atoms with Crippen LogP contribution < -0.4 is 0 Å². The van der Waals surface area contributed by atoms with Crippen LogP contribution in [-0.4, -0.2) is 35.9 Å². The molecule has 0 radical (unpaired) electrons. The molecular weight excluding hydrogens is 326 g/mol. The highest BCUT2D eigenvalue weighted by Crippen LogP contribution is 2.45. The first-order valence-corrected chi connectivity index (χ1v) is 8.89. The Bertz CT molecular complexity index is 753. The monoisotopic (exact) mass is 341 g/mol. The van der Waals surface area contributed by atoms with E-state index in [1.54, 1.807) is 0 Å². The molecule has 0 amide bonds. The van der Waals surface area contributed by atoms with Crippen LogP contribution in [0.2, 0.25) is 5.02 Å². The van der Waals surface area contributed by atoms with Crippen molar-refractivity contribution in [1.82, 2.24) is 4.31 Å². The zero-order valence-electron chi connectivity index (χ0n) is 11.8. The maximum absolute atomic E-state index is 12.9. The van der Waals surface area contributed by atoms with E-state index in [0.29, 0.717) is 6.54 Å². The number of benzene rings is 1. The number of carboxylic acids is 1. The van der Waals surface area contributed by atoms with E-state index in [9.17, 15) is 13.2 Å². The van der Waals surface area contributed by atoms with Crippen LogP contribution in [0.4, 0.5) is 0 Å². The van der Waals surface area contributed by atoms with Crippen LogP contribution in [0.1, 0.15) is 36.0 Å². The number of rotatable bonds is 3. The summed E-state index contributed by atoms with van der Waals surface area (Å²) in [6, 6.07) is 3.78. The Labute approximate surface area is 134 Å². The van der Waals surface area contributed by atoms with Crippen molar-refractivity contribution in [3.63, 3.8) is 0 Å². The molecule has 0 atom stereocenters. The van der Waals surface area contributed by atoms with Gasteiger partial charge in [0.2, 0.25) is 10.0 Å². The van der Waals surface area contributed by atoms with Gasteiger partial charge in [0.1, 0.15) is 0 Å². The minimum atomic E-state index is -3.69. The van der Waals surface area contributed by atoms with Gasteiger partial charge in [0.15, 0.2) is 0 Å². The fourth-order valence-corrected chi connectivity index (χ4v) is 5.25. The average Bonchev–Trinajstić information content (AvgIpc) is 2.45. The number of nitrogens with zero attached hydrogens (tertiary/aromatic N) is 1. The van der Waals surface area contributed by atoms with Gasteiger partial charge in [-0.25, -0.2) is 13.2 Å². The molecule has 1 N–H and O–H groups in total. The molecule has 1 heterocycles. The summed E-state index contributed by atoms with van der Waals surface area (Å²) in [5, 5.41) is 8.92. The maximum Gasteiger partial charge on any atom is 0.337 e. The molecule has 118 valence electrons. The van der Waals surface area contributed by atoms with Gasteiger partial charge in [-0.1, -0.05) is 23.8 Å². The van der Waals surface area contributed by atoms with E-state index >= 15 is 0 Å². The molecule has 0 aromatic heterocycles. The summed E-state index contributed by atoms with van der Waals surface area (Å²) in [6.45, 7) is 0.348. The molecular formula is C15H16ClNO4S. The third kappa shape index (κ3) is 2.35. The maximum atomic E-state index is 12.9. The molecule has 7 heteroatoms. The van der Waals surface area contributed by atoms with Crippen molar-refractivity contribution in [3.8, 4) is 0 Å². The number of sulfonamides is 1. The van der Waals surface area contributed by atoms with E-state index in [1.165, 1.54) is 22.5 Å². The number of carboxylic acid groups (broad SMARTS) is 1. The van der Waals surface area contributed by atoms with Gasteiger partial charge in [-0.3, -0.25) is 0 Å². The summed E-state index contributed by atoms with van der Waals surface area (Å²) in [5.74, 6) is -1.18. The smallest absolute Gasteiger partial charge is 0.337 e. The van der Waals surface area contributed by atoms with Crippen molar-refractivity contribution >= 4 is 27.6 Å². The largest absolute Gasteiger partial charge is 0.478 e. The van der Waals surface area contributed by atoms with Crippen molar-refractivity contribution in [2.24, 2.45) is 0 Å². The highest BCUT2D eigenvalue weighted by Gasteiger charge is 2.48. The van der Waals surface area contributed by atoms with Gasteiger partial charge >= 0.3 is 5.97 Å². The van der Waals surface area contributed by atoms with E-state index in [2.05, 4.69) is 0 Å². The Morgan fingerprint density at radius 2 is 2.00 bits per heavy atom. The normalized spacial score (nSPS) is 20.8. The second kappa shape index (κ2) is 5.37. The van der Waals surface area contributed by atoms with Crippen molar-refractivity contribution in [1.29, 1.82) is 0 Å². The van der Waals surface area contributed by atoms with Gasteiger partial charge in [-0.2, -0.15) is 4.31 Å². The van der Waals surface area contributed by atoms with Gasteiger partial charge < -0.3 is 5.11 Å². The highest BCUT2D eigenvalue weighted by molar-refractivity contribution is 7.89. The van der Waals surface area contributed by atoms with Crippen LogP contribution in [0.25, 0.3) is 0 Å². The zero-order chi connectivity index (χ0) is 16.0. The van der Waals surface area contributed by atoms with E-state index in [0.717, 1.165) is 25.7 Å². The zero-order valence-corrected chi connectivity index (χ0v) is 13.4. The van der Waals surface area contributed by atoms with Crippen molar-refractivity contribution < 1.29 is 18.3 Å². The first-order chi connectivity index (χ1) is 10.4. The second-order valence-corrected chi connectivity index (χ2v) is 8.01. The predicted octanol–water partition coefficient (Wildman–Crippen LogP) is 2.91. The lowest BCUT2D eigenvalue weighted by Crippen LogP contribution is -2.57. The Morgan fingerprint density at radius 1 is 1.27 bits per heavy atom. The van der Waals surface area contributed by atoms with E-state index in [4.69, 9.17) is 16.7 Å². The molecule has 5 nitrogen and oxygen atoms in total. The highest BCUT2D eigenvalue weighted by atomic mass is 35.5. The summed E-state index contributed by atoms with van der Waals surface area (Å²) in [7, 11) is -3.69. The molecule has 1 aliphatic carbocycles. The molecule has 2 aliphatic rings. The van der Waals surface area contributed by atoms with Crippen molar-refractivity contribution in [3.05, 3.63) is 40.9 Å². The molecule has 1 fully saturated rings. The van der Waals surface area contributed by atoms with Gasteiger partial charge in [0.25, 0.3) is 0 Å². The third-order valence-corrected chi connectivity index (χ3v) is 6.79. The standard InChI is InChI=1S/C15H16ClNO4S/c16-13-10-11(4-5-12(13)14(18)19)22(20,21)17-9-2-1-6-15(17)7-3-8-15/h1-2,4-5,10H,3,6-9H2,(H,18,19). The molecule has 0 unspecified atom stereocenters. The van der Waals surface area contributed by atoms with Crippen LogP contribution in [0.5, 0.6) is 0 Å². The summed E-state index contributed by atoms with van der Waals surface area (Å²) in [5.41, 5.74) is -0.413. The first-order valence-electron chi connectivity index (χ1n) is 7.08.